The molecule has 0 amide bonds. The summed E-state index contributed by atoms with van der Waals surface area (Å²) in [5.41, 5.74) is 2.81. The predicted molar refractivity (Wildman–Crippen MR) is 83.9 cm³/mol. The highest BCUT2D eigenvalue weighted by Crippen LogP contribution is 2.28. The molecule has 19 heavy (non-hydrogen) atoms. The van der Waals surface area contributed by atoms with Gasteiger partial charge in [-0.1, -0.05) is 37.5 Å². The van der Waals surface area contributed by atoms with Crippen molar-refractivity contribution < 1.29 is 0 Å². The first kappa shape index (κ1) is 14.4. The summed E-state index contributed by atoms with van der Waals surface area (Å²) < 4.78 is 0. The lowest BCUT2D eigenvalue weighted by atomic mass is 9.99. The fraction of sp³-hybridized carbons (Fsp3) is 0.647. The topological polar surface area (TPSA) is 15.3 Å². The molecule has 106 valence electrons. The van der Waals surface area contributed by atoms with Gasteiger partial charge >= 0.3 is 0 Å². The fourth-order valence-corrected chi connectivity index (χ4v) is 3.47. The summed E-state index contributed by atoms with van der Waals surface area (Å²) in [5, 5.41) is 3.56. The van der Waals surface area contributed by atoms with Crippen LogP contribution in [0, 0.1) is 6.92 Å². The van der Waals surface area contributed by atoms with E-state index in [-0.39, 0.29) is 0 Å². The molecule has 1 fully saturated rings. The number of nitrogens with one attached hydrogen (secondary N) is 1. The molecule has 0 saturated heterocycles. The number of likely N-dealkylation sites (N-methyl/N-ethyl adjacent to an activating group) is 2. The Balaban J connectivity index is 2.26. The quantitative estimate of drug-likeness (QED) is 0.830. The van der Waals surface area contributed by atoms with Crippen molar-refractivity contribution >= 4 is 5.69 Å². The Morgan fingerprint density at radius 3 is 2.58 bits per heavy atom. The molecule has 1 aromatic carbocycles. The Morgan fingerprint density at radius 2 is 1.89 bits per heavy atom. The number of aryl methyl sites for hydroxylation is 1. The molecule has 0 aliphatic heterocycles. The summed E-state index contributed by atoms with van der Waals surface area (Å²) >= 11 is 0. The first-order valence-corrected chi connectivity index (χ1v) is 7.77. The van der Waals surface area contributed by atoms with Crippen LogP contribution >= 0.6 is 0 Å². The minimum Gasteiger partial charge on any atom is -0.367 e. The maximum Gasteiger partial charge on any atom is 0.0443 e. The molecule has 2 heteroatoms. The Kier molecular flexibility index (Phi) is 5.26. The van der Waals surface area contributed by atoms with Gasteiger partial charge in [0.25, 0.3) is 0 Å². The van der Waals surface area contributed by atoms with Gasteiger partial charge in [0.15, 0.2) is 0 Å². The van der Waals surface area contributed by atoms with Crippen molar-refractivity contribution in [2.45, 2.75) is 58.0 Å². The van der Waals surface area contributed by atoms with E-state index in [1.165, 1.54) is 43.4 Å². The van der Waals surface area contributed by atoms with Gasteiger partial charge in [0.2, 0.25) is 0 Å². The van der Waals surface area contributed by atoms with Crippen molar-refractivity contribution in [3.8, 4) is 0 Å². The van der Waals surface area contributed by atoms with Crippen LogP contribution < -0.4 is 10.2 Å². The lowest BCUT2D eigenvalue weighted by molar-refractivity contribution is 0.413. The van der Waals surface area contributed by atoms with E-state index in [1.807, 2.05) is 0 Å². The summed E-state index contributed by atoms with van der Waals surface area (Å²) in [7, 11) is 2.12. The van der Waals surface area contributed by atoms with Crippen LogP contribution in [0.25, 0.3) is 0 Å². The monoisotopic (exact) mass is 260 g/mol. The summed E-state index contributed by atoms with van der Waals surface area (Å²) in [6.45, 7) is 5.60. The van der Waals surface area contributed by atoms with Gasteiger partial charge in [0.1, 0.15) is 0 Å². The average molecular weight is 260 g/mol. The summed E-state index contributed by atoms with van der Waals surface area (Å²) in [6, 6.07) is 10.1. The van der Waals surface area contributed by atoms with Crippen molar-refractivity contribution in [3.63, 3.8) is 0 Å². The van der Waals surface area contributed by atoms with Crippen LogP contribution in [0.15, 0.2) is 24.3 Å². The summed E-state index contributed by atoms with van der Waals surface area (Å²) in [4.78, 5) is 2.61. The van der Waals surface area contributed by atoms with Crippen LogP contribution in [0.1, 0.15) is 44.6 Å². The molecular weight excluding hydrogens is 232 g/mol. The van der Waals surface area contributed by atoms with Gasteiger partial charge in [-0.25, -0.2) is 0 Å². The number of rotatable bonds is 4. The molecule has 2 nitrogen and oxygen atoms in total. The van der Waals surface area contributed by atoms with Gasteiger partial charge in [-0.2, -0.15) is 0 Å². The van der Waals surface area contributed by atoms with Crippen LogP contribution in [0.4, 0.5) is 5.69 Å². The minimum absolute atomic E-state index is 0.627. The van der Waals surface area contributed by atoms with Crippen LogP contribution in [0.3, 0.4) is 0 Å². The van der Waals surface area contributed by atoms with E-state index in [0.717, 1.165) is 6.54 Å². The van der Waals surface area contributed by atoms with Crippen LogP contribution in [0.5, 0.6) is 0 Å². The first-order valence-electron chi connectivity index (χ1n) is 7.77. The minimum atomic E-state index is 0.627. The zero-order valence-corrected chi connectivity index (χ0v) is 12.7. The van der Waals surface area contributed by atoms with E-state index >= 15 is 0 Å². The molecule has 1 saturated carbocycles. The number of para-hydroxylation sites is 1. The van der Waals surface area contributed by atoms with E-state index in [2.05, 4.69) is 55.4 Å². The molecule has 1 aliphatic carbocycles. The molecule has 2 unspecified atom stereocenters. The van der Waals surface area contributed by atoms with Crippen LogP contribution in [0.2, 0.25) is 0 Å². The van der Waals surface area contributed by atoms with Gasteiger partial charge in [-0.3, -0.25) is 0 Å². The van der Waals surface area contributed by atoms with Crippen LogP contribution in [-0.4, -0.2) is 25.7 Å². The standard InChI is InChI=1S/C17H28N2/c1-4-19(16-12-9-8-10-14(16)2)17-13-7-5-6-11-15(17)18-3/h8-10,12,15,17-18H,4-7,11,13H2,1-3H3. The Bertz CT molecular complexity index is 389. The van der Waals surface area contributed by atoms with Crippen LogP contribution in [-0.2, 0) is 0 Å². The molecular formula is C17H28N2. The predicted octanol–water partition coefficient (Wildman–Crippen LogP) is 3.74. The lowest BCUT2D eigenvalue weighted by Gasteiger charge is -2.38. The zero-order chi connectivity index (χ0) is 13.7. The smallest absolute Gasteiger partial charge is 0.0443 e. The third kappa shape index (κ3) is 3.30. The van der Waals surface area contributed by atoms with E-state index in [4.69, 9.17) is 0 Å². The number of benzene rings is 1. The summed E-state index contributed by atoms with van der Waals surface area (Å²) in [5.74, 6) is 0. The highest BCUT2D eigenvalue weighted by molar-refractivity contribution is 5.54. The highest BCUT2D eigenvalue weighted by atomic mass is 15.2. The van der Waals surface area contributed by atoms with E-state index in [9.17, 15) is 0 Å². The van der Waals surface area contributed by atoms with Gasteiger partial charge in [-0.05, 0) is 45.4 Å². The van der Waals surface area contributed by atoms with Crippen molar-refractivity contribution in [1.82, 2.24) is 5.32 Å². The average Bonchev–Trinajstić information content (AvgIpc) is 2.67. The molecule has 1 aromatic rings. The Labute approximate surface area is 118 Å². The van der Waals surface area contributed by atoms with E-state index < -0.39 is 0 Å². The molecule has 0 bridgehead atoms. The third-order valence-corrected chi connectivity index (χ3v) is 4.52. The maximum atomic E-state index is 3.56. The van der Waals surface area contributed by atoms with Gasteiger partial charge in [-0.15, -0.1) is 0 Å². The molecule has 1 aliphatic rings. The number of nitrogens with zero attached hydrogens (tertiary/aromatic N) is 1. The van der Waals surface area contributed by atoms with Gasteiger partial charge in [0.05, 0.1) is 0 Å². The normalized spacial score (nSPS) is 23.9. The largest absolute Gasteiger partial charge is 0.367 e. The molecule has 2 rings (SSSR count). The molecule has 1 N–H and O–H groups in total. The number of anilines is 1. The fourth-order valence-electron chi connectivity index (χ4n) is 3.47. The second-order valence-corrected chi connectivity index (χ2v) is 5.67. The summed E-state index contributed by atoms with van der Waals surface area (Å²) in [6.07, 6.45) is 6.75. The third-order valence-electron chi connectivity index (χ3n) is 4.52. The Morgan fingerprint density at radius 1 is 1.16 bits per heavy atom. The molecule has 0 aromatic heterocycles. The van der Waals surface area contributed by atoms with Crippen molar-refractivity contribution in [3.05, 3.63) is 29.8 Å². The first-order chi connectivity index (χ1) is 9.27. The highest BCUT2D eigenvalue weighted by Gasteiger charge is 2.27. The molecule has 0 radical (unpaired) electrons. The second-order valence-electron chi connectivity index (χ2n) is 5.67. The van der Waals surface area contributed by atoms with Gasteiger partial charge in [0, 0.05) is 24.3 Å². The van der Waals surface area contributed by atoms with Crippen molar-refractivity contribution in [2.75, 3.05) is 18.5 Å². The van der Waals surface area contributed by atoms with E-state index in [0.29, 0.717) is 12.1 Å². The Hall–Kier alpha value is -1.02. The number of hydrogen-bond donors (Lipinski definition) is 1. The molecule has 0 spiro atoms. The lowest BCUT2D eigenvalue weighted by Crippen LogP contribution is -2.49. The second kappa shape index (κ2) is 6.95. The SMILES string of the molecule is CCN(c1ccccc1C)C1CCCCCC1NC. The molecule has 2 atom stereocenters. The van der Waals surface area contributed by atoms with Gasteiger partial charge < -0.3 is 10.2 Å². The maximum absolute atomic E-state index is 3.56. The number of hydrogen-bond acceptors (Lipinski definition) is 2. The van der Waals surface area contributed by atoms with E-state index in [1.54, 1.807) is 0 Å². The molecule has 0 heterocycles. The van der Waals surface area contributed by atoms with Crippen molar-refractivity contribution in [2.24, 2.45) is 0 Å². The van der Waals surface area contributed by atoms with Crippen molar-refractivity contribution in [1.29, 1.82) is 0 Å². The zero-order valence-electron chi connectivity index (χ0n) is 12.7.